The average Bonchev–Trinajstić information content (AvgIpc) is 2.34. The Balaban J connectivity index is 2.34. The van der Waals surface area contributed by atoms with Crippen LogP contribution >= 0.6 is 15.9 Å². The zero-order valence-electron chi connectivity index (χ0n) is 11.0. The number of halogens is 2. The van der Waals surface area contributed by atoms with E-state index in [4.69, 9.17) is 0 Å². The van der Waals surface area contributed by atoms with Crippen molar-refractivity contribution in [3.05, 3.63) is 68.9 Å². The molecule has 0 saturated carbocycles. The van der Waals surface area contributed by atoms with Crippen LogP contribution in [-0.2, 0) is 6.42 Å². The molecule has 3 heteroatoms. The molecule has 0 aliphatic carbocycles. The second kappa shape index (κ2) is 5.85. The topological polar surface area (TPSA) is 20.2 Å². The van der Waals surface area contributed by atoms with E-state index in [9.17, 15) is 9.50 Å². The Kier molecular flexibility index (Phi) is 4.38. The summed E-state index contributed by atoms with van der Waals surface area (Å²) in [4.78, 5) is 0. The first-order valence-electron chi connectivity index (χ1n) is 6.17. The van der Waals surface area contributed by atoms with Gasteiger partial charge in [-0.25, -0.2) is 4.39 Å². The van der Waals surface area contributed by atoms with Crippen molar-refractivity contribution >= 4 is 15.9 Å². The Morgan fingerprint density at radius 2 is 1.68 bits per heavy atom. The lowest BCUT2D eigenvalue weighted by molar-refractivity contribution is 0.172. The predicted octanol–water partition coefficient (Wildman–Crippen LogP) is 4.48. The summed E-state index contributed by atoms with van der Waals surface area (Å²) in [6.07, 6.45) is -0.437. The van der Waals surface area contributed by atoms with Gasteiger partial charge in [0.1, 0.15) is 5.82 Å². The molecule has 0 heterocycles. The molecule has 100 valence electrons. The normalized spacial score (nSPS) is 12.5. The second-order valence-corrected chi connectivity index (χ2v) is 5.58. The van der Waals surface area contributed by atoms with Crippen LogP contribution in [0.25, 0.3) is 0 Å². The summed E-state index contributed by atoms with van der Waals surface area (Å²) in [5, 5.41) is 10.3. The molecule has 19 heavy (non-hydrogen) atoms. The van der Waals surface area contributed by atoms with Gasteiger partial charge in [0.05, 0.1) is 6.10 Å². The van der Waals surface area contributed by atoms with Gasteiger partial charge in [0.2, 0.25) is 0 Å². The third-order valence-corrected chi connectivity index (χ3v) is 4.07. The number of hydrogen-bond acceptors (Lipinski definition) is 1. The Labute approximate surface area is 121 Å². The van der Waals surface area contributed by atoms with Crippen molar-refractivity contribution in [1.29, 1.82) is 0 Å². The Morgan fingerprint density at radius 3 is 2.26 bits per heavy atom. The minimum atomic E-state index is -0.852. The van der Waals surface area contributed by atoms with Gasteiger partial charge in [0.25, 0.3) is 0 Å². The Hall–Kier alpha value is -1.19. The van der Waals surface area contributed by atoms with E-state index in [0.717, 1.165) is 16.7 Å². The van der Waals surface area contributed by atoms with E-state index < -0.39 is 6.10 Å². The quantitative estimate of drug-likeness (QED) is 0.883. The second-order valence-electron chi connectivity index (χ2n) is 4.73. The van der Waals surface area contributed by atoms with Crippen LogP contribution in [0.15, 0.2) is 40.9 Å². The molecular formula is C16H16BrFO. The first-order chi connectivity index (χ1) is 9.00. The number of benzene rings is 2. The highest BCUT2D eigenvalue weighted by molar-refractivity contribution is 9.10. The number of aryl methyl sites for hydroxylation is 2. The monoisotopic (exact) mass is 322 g/mol. The first kappa shape index (κ1) is 14.2. The third kappa shape index (κ3) is 3.04. The molecule has 1 N–H and O–H groups in total. The highest BCUT2D eigenvalue weighted by Gasteiger charge is 2.18. The summed E-state index contributed by atoms with van der Waals surface area (Å²) in [5.41, 5.74) is 3.63. The molecule has 1 atom stereocenters. The molecule has 0 aliphatic heterocycles. The molecule has 0 aromatic heterocycles. The molecule has 0 amide bonds. The van der Waals surface area contributed by atoms with Gasteiger partial charge in [-0.05, 0) is 42.7 Å². The van der Waals surface area contributed by atoms with Crippen molar-refractivity contribution < 1.29 is 9.50 Å². The summed E-state index contributed by atoms with van der Waals surface area (Å²) in [6.45, 7) is 4.01. The third-order valence-electron chi connectivity index (χ3n) is 3.37. The largest absolute Gasteiger partial charge is 0.388 e. The van der Waals surface area contributed by atoms with Gasteiger partial charge in [0.15, 0.2) is 0 Å². The van der Waals surface area contributed by atoms with Gasteiger partial charge in [-0.2, -0.15) is 0 Å². The maximum absolute atomic E-state index is 13.8. The first-order valence-corrected chi connectivity index (χ1v) is 6.97. The van der Waals surface area contributed by atoms with E-state index in [1.807, 2.05) is 32.0 Å². The van der Waals surface area contributed by atoms with E-state index in [2.05, 4.69) is 15.9 Å². The predicted molar refractivity (Wildman–Crippen MR) is 78.7 cm³/mol. The number of aliphatic hydroxyl groups excluding tert-OH is 1. The van der Waals surface area contributed by atoms with Crippen molar-refractivity contribution in [2.24, 2.45) is 0 Å². The average molecular weight is 323 g/mol. The molecule has 2 aromatic carbocycles. The van der Waals surface area contributed by atoms with Crippen LogP contribution in [0.1, 0.15) is 28.4 Å². The standard InChI is InChI=1S/C16H16BrFO/c1-10-5-3-6-11(2)12(10)9-15(19)16-13(17)7-4-8-14(16)18/h3-8,15,19H,9H2,1-2H3. The van der Waals surface area contributed by atoms with E-state index in [1.54, 1.807) is 12.1 Å². The summed E-state index contributed by atoms with van der Waals surface area (Å²) in [7, 11) is 0. The summed E-state index contributed by atoms with van der Waals surface area (Å²) in [5.74, 6) is -0.381. The van der Waals surface area contributed by atoms with Crippen LogP contribution in [0, 0.1) is 19.7 Å². The van der Waals surface area contributed by atoms with E-state index in [0.29, 0.717) is 16.5 Å². The molecule has 0 bridgehead atoms. The van der Waals surface area contributed by atoms with Gasteiger partial charge in [0, 0.05) is 16.5 Å². The highest BCUT2D eigenvalue weighted by Crippen LogP contribution is 2.30. The van der Waals surface area contributed by atoms with E-state index in [1.165, 1.54) is 6.07 Å². The Bertz CT molecular complexity index is 555. The lowest BCUT2D eigenvalue weighted by atomic mass is 9.94. The molecule has 0 saturated heterocycles. The van der Waals surface area contributed by atoms with Gasteiger partial charge in [-0.3, -0.25) is 0 Å². The van der Waals surface area contributed by atoms with Crippen LogP contribution in [0.5, 0.6) is 0 Å². The van der Waals surface area contributed by atoms with E-state index >= 15 is 0 Å². The van der Waals surface area contributed by atoms with Crippen LogP contribution in [0.2, 0.25) is 0 Å². The van der Waals surface area contributed by atoms with Crippen LogP contribution < -0.4 is 0 Å². The fraction of sp³-hybridized carbons (Fsp3) is 0.250. The van der Waals surface area contributed by atoms with Crippen molar-refractivity contribution in [1.82, 2.24) is 0 Å². The Morgan fingerprint density at radius 1 is 1.11 bits per heavy atom. The van der Waals surface area contributed by atoms with E-state index in [-0.39, 0.29) is 5.82 Å². The van der Waals surface area contributed by atoms with Crippen LogP contribution in [0.4, 0.5) is 4.39 Å². The van der Waals surface area contributed by atoms with Crippen molar-refractivity contribution in [2.75, 3.05) is 0 Å². The van der Waals surface area contributed by atoms with Crippen LogP contribution in [0.3, 0.4) is 0 Å². The summed E-state index contributed by atoms with van der Waals surface area (Å²) < 4.78 is 14.4. The lowest BCUT2D eigenvalue weighted by Crippen LogP contribution is -2.07. The molecule has 0 radical (unpaired) electrons. The van der Waals surface area contributed by atoms with Gasteiger partial charge < -0.3 is 5.11 Å². The zero-order chi connectivity index (χ0) is 14.0. The zero-order valence-corrected chi connectivity index (χ0v) is 12.5. The minimum Gasteiger partial charge on any atom is -0.388 e. The SMILES string of the molecule is Cc1cccc(C)c1CC(O)c1c(F)cccc1Br. The maximum atomic E-state index is 13.8. The van der Waals surface area contributed by atoms with Gasteiger partial charge in [-0.1, -0.05) is 40.2 Å². The van der Waals surface area contributed by atoms with Crippen molar-refractivity contribution in [2.45, 2.75) is 26.4 Å². The molecule has 2 rings (SSSR count). The number of rotatable bonds is 3. The smallest absolute Gasteiger partial charge is 0.130 e. The van der Waals surface area contributed by atoms with Crippen LogP contribution in [-0.4, -0.2) is 5.11 Å². The molecule has 1 nitrogen and oxygen atoms in total. The summed E-state index contributed by atoms with van der Waals surface area (Å²) in [6, 6.07) is 10.7. The molecular weight excluding hydrogens is 307 g/mol. The minimum absolute atomic E-state index is 0.324. The number of aliphatic hydroxyl groups is 1. The molecule has 0 fully saturated rings. The number of hydrogen-bond donors (Lipinski definition) is 1. The molecule has 0 aliphatic rings. The fourth-order valence-corrected chi connectivity index (χ4v) is 2.90. The van der Waals surface area contributed by atoms with Crippen molar-refractivity contribution in [3.63, 3.8) is 0 Å². The molecule has 2 aromatic rings. The van der Waals surface area contributed by atoms with Gasteiger partial charge >= 0.3 is 0 Å². The van der Waals surface area contributed by atoms with Crippen molar-refractivity contribution in [3.8, 4) is 0 Å². The molecule has 0 spiro atoms. The lowest BCUT2D eigenvalue weighted by Gasteiger charge is -2.17. The van der Waals surface area contributed by atoms with Gasteiger partial charge in [-0.15, -0.1) is 0 Å². The fourth-order valence-electron chi connectivity index (χ4n) is 2.30. The molecule has 1 unspecified atom stereocenters. The summed E-state index contributed by atoms with van der Waals surface area (Å²) >= 11 is 3.30. The highest BCUT2D eigenvalue weighted by atomic mass is 79.9. The maximum Gasteiger partial charge on any atom is 0.130 e.